The van der Waals surface area contributed by atoms with Crippen LogP contribution in [0, 0.1) is 0 Å². The van der Waals surface area contributed by atoms with Gasteiger partial charge in [0.1, 0.15) is 5.75 Å². The Bertz CT molecular complexity index is 414. The molecule has 1 aliphatic heterocycles. The molecule has 2 rings (SSSR count). The smallest absolute Gasteiger partial charge is 0.274 e. The van der Waals surface area contributed by atoms with Gasteiger partial charge >= 0.3 is 0 Å². The molecule has 2 heterocycles. The topological polar surface area (TPSA) is 74.2 Å². The summed E-state index contributed by atoms with van der Waals surface area (Å²) in [4.78, 5) is 15.9. The van der Waals surface area contributed by atoms with Crippen molar-refractivity contribution >= 4 is 5.91 Å². The summed E-state index contributed by atoms with van der Waals surface area (Å²) >= 11 is 0. The summed E-state index contributed by atoms with van der Waals surface area (Å²) in [5, 5.41) is 15.8. The fourth-order valence-electron chi connectivity index (χ4n) is 2.01. The van der Waals surface area contributed by atoms with E-state index in [-0.39, 0.29) is 22.9 Å². The lowest BCUT2D eigenvalue weighted by atomic mass is 9.90. The quantitative estimate of drug-likeness (QED) is 0.704. The summed E-state index contributed by atoms with van der Waals surface area (Å²) in [6, 6.07) is 3.06. The predicted octanol–water partition coefficient (Wildman–Crippen LogP) is 0.659. The number of nitrogens with zero attached hydrogens (tertiary/aromatic N) is 1. The van der Waals surface area contributed by atoms with Gasteiger partial charge < -0.3 is 15.7 Å². The van der Waals surface area contributed by atoms with E-state index >= 15 is 0 Å². The third-order valence-corrected chi connectivity index (χ3v) is 3.12. The van der Waals surface area contributed by atoms with E-state index in [1.54, 1.807) is 6.07 Å². The van der Waals surface area contributed by atoms with Crippen LogP contribution in [0.5, 0.6) is 5.75 Å². The standard InChI is InChI=1S/C12H17N3O2/c1-12(4-7-13-8-5-12)15-11(17)10-9(16)3-2-6-14-10/h2-3,6,13,16H,4-5,7-8H2,1H3,(H,15,17). The monoisotopic (exact) mass is 235 g/mol. The molecule has 1 aromatic heterocycles. The van der Waals surface area contributed by atoms with Crippen molar-refractivity contribution in [1.29, 1.82) is 0 Å². The zero-order chi connectivity index (χ0) is 12.3. The van der Waals surface area contributed by atoms with Crippen LogP contribution >= 0.6 is 0 Å². The third kappa shape index (κ3) is 2.74. The van der Waals surface area contributed by atoms with Gasteiger partial charge in [-0.25, -0.2) is 4.98 Å². The van der Waals surface area contributed by atoms with Crippen LogP contribution in [-0.4, -0.2) is 34.6 Å². The molecule has 0 aliphatic carbocycles. The van der Waals surface area contributed by atoms with Crippen LogP contribution in [0.4, 0.5) is 0 Å². The second-order valence-electron chi connectivity index (χ2n) is 4.64. The first kappa shape index (κ1) is 11.9. The van der Waals surface area contributed by atoms with Crippen molar-refractivity contribution in [3.8, 4) is 5.75 Å². The molecule has 1 aromatic rings. The van der Waals surface area contributed by atoms with Gasteiger partial charge in [-0.05, 0) is 45.0 Å². The molecule has 5 nitrogen and oxygen atoms in total. The Balaban J connectivity index is 2.09. The van der Waals surface area contributed by atoms with Crippen molar-refractivity contribution < 1.29 is 9.90 Å². The lowest BCUT2D eigenvalue weighted by molar-refractivity contribution is 0.0879. The van der Waals surface area contributed by atoms with Gasteiger partial charge in [-0.15, -0.1) is 0 Å². The number of pyridine rings is 1. The van der Waals surface area contributed by atoms with E-state index in [1.165, 1.54) is 12.3 Å². The summed E-state index contributed by atoms with van der Waals surface area (Å²) in [6.07, 6.45) is 3.26. The minimum Gasteiger partial charge on any atom is -0.505 e. The first-order chi connectivity index (χ1) is 8.11. The minimum atomic E-state index is -0.312. The van der Waals surface area contributed by atoms with E-state index in [2.05, 4.69) is 15.6 Å². The van der Waals surface area contributed by atoms with Crippen LogP contribution in [0.3, 0.4) is 0 Å². The molecule has 0 radical (unpaired) electrons. The summed E-state index contributed by atoms with van der Waals surface area (Å²) in [7, 11) is 0. The van der Waals surface area contributed by atoms with Crippen molar-refractivity contribution in [3.63, 3.8) is 0 Å². The second kappa shape index (κ2) is 4.71. The highest BCUT2D eigenvalue weighted by Gasteiger charge is 2.29. The number of aromatic hydroxyl groups is 1. The largest absolute Gasteiger partial charge is 0.505 e. The van der Waals surface area contributed by atoms with Gasteiger partial charge in [-0.2, -0.15) is 0 Å². The highest BCUT2D eigenvalue weighted by atomic mass is 16.3. The molecule has 3 N–H and O–H groups in total. The first-order valence-corrected chi connectivity index (χ1v) is 5.78. The van der Waals surface area contributed by atoms with E-state index in [1.807, 2.05) is 6.92 Å². The molecule has 0 spiro atoms. The van der Waals surface area contributed by atoms with E-state index < -0.39 is 0 Å². The van der Waals surface area contributed by atoms with Crippen LogP contribution in [0.15, 0.2) is 18.3 Å². The van der Waals surface area contributed by atoms with Crippen LogP contribution in [-0.2, 0) is 0 Å². The average Bonchev–Trinajstić information content (AvgIpc) is 2.29. The number of hydrogen-bond donors (Lipinski definition) is 3. The van der Waals surface area contributed by atoms with Crippen molar-refractivity contribution in [2.45, 2.75) is 25.3 Å². The first-order valence-electron chi connectivity index (χ1n) is 5.78. The Morgan fingerprint density at radius 3 is 2.88 bits per heavy atom. The molecule has 0 bridgehead atoms. The van der Waals surface area contributed by atoms with E-state index in [0.29, 0.717) is 0 Å². The third-order valence-electron chi connectivity index (χ3n) is 3.12. The molecule has 0 atom stereocenters. The Hall–Kier alpha value is -1.62. The normalized spacial score (nSPS) is 18.6. The molecule has 1 fully saturated rings. The zero-order valence-electron chi connectivity index (χ0n) is 9.86. The highest BCUT2D eigenvalue weighted by molar-refractivity contribution is 5.95. The molecule has 92 valence electrons. The zero-order valence-corrected chi connectivity index (χ0v) is 9.86. The van der Waals surface area contributed by atoms with Crippen LogP contribution in [0.2, 0.25) is 0 Å². The summed E-state index contributed by atoms with van der Waals surface area (Å²) in [5.41, 5.74) is -0.126. The highest BCUT2D eigenvalue weighted by Crippen LogP contribution is 2.19. The number of piperidine rings is 1. The van der Waals surface area contributed by atoms with E-state index in [4.69, 9.17) is 0 Å². The van der Waals surface area contributed by atoms with Gasteiger partial charge in [0.2, 0.25) is 0 Å². The van der Waals surface area contributed by atoms with E-state index in [0.717, 1.165) is 25.9 Å². The van der Waals surface area contributed by atoms with Gasteiger partial charge in [0, 0.05) is 11.7 Å². The molecule has 1 amide bonds. The van der Waals surface area contributed by atoms with Crippen molar-refractivity contribution in [1.82, 2.24) is 15.6 Å². The van der Waals surface area contributed by atoms with E-state index in [9.17, 15) is 9.90 Å². The Morgan fingerprint density at radius 2 is 2.24 bits per heavy atom. The summed E-state index contributed by atoms with van der Waals surface area (Å²) in [5.74, 6) is -0.393. The summed E-state index contributed by atoms with van der Waals surface area (Å²) < 4.78 is 0. The Kier molecular flexibility index (Phi) is 3.28. The van der Waals surface area contributed by atoms with Gasteiger partial charge in [-0.1, -0.05) is 0 Å². The lowest BCUT2D eigenvalue weighted by Gasteiger charge is -2.34. The number of amides is 1. The maximum Gasteiger partial charge on any atom is 0.274 e. The molecule has 5 heteroatoms. The maximum absolute atomic E-state index is 12.0. The fraction of sp³-hybridized carbons (Fsp3) is 0.500. The van der Waals surface area contributed by atoms with Gasteiger partial charge in [-0.3, -0.25) is 4.79 Å². The van der Waals surface area contributed by atoms with Crippen LogP contribution < -0.4 is 10.6 Å². The van der Waals surface area contributed by atoms with Crippen LogP contribution in [0.1, 0.15) is 30.3 Å². The number of hydrogen-bond acceptors (Lipinski definition) is 4. The summed E-state index contributed by atoms with van der Waals surface area (Å²) in [6.45, 7) is 3.81. The molecule has 0 saturated carbocycles. The van der Waals surface area contributed by atoms with Gasteiger partial charge in [0.25, 0.3) is 5.91 Å². The predicted molar refractivity (Wildman–Crippen MR) is 63.9 cm³/mol. The second-order valence-corrected chi connectivity index (χ2v) is 4.64. The lowest BCUT2D eigenvalue weighted by Crippen LogP contribution is -2.52. The minimum absolute atomic E-state index is 0.0810. The van der Waals surface area contributed by atoms with Crippen LogP contribution in [0.25, 0.3) is 0 Å². The molecule has 1 saturated heterocycles. The van der Waals surface area contributed by atoms with Gasteiger partial charge in [0.05, 0.1) is 0 Å². The molecular formula is C12H17N3O2. The number of carbonyl (C=O) groups is 1. The average molecular weight is 235 g/mol. The SMILES string of the molecule is CC1(NC(=O)c2ncccc2O)CCNCC1. The van der Waals surface area contributed by atoms with Crippen molar-refractivity contribution in [2.24, 2.45) is 0 Å². The Labute approximate surface area is 100 Å². The Morgan fingerprint density at radius 1 is 1.53 bits per heavy atom. The number of rotatable bonds is 2. The fourth-order valence-corrected chi connectivity index (χ4v) is 2.01. The number of carbonyl (C=O) groups excluding carboxylic acids is 1. The molecule has 17 heavy (non-hydrogen) atoms. The number of nitrogens with one attached hydrogen (secondary N) is 2. The maximum atomic E-state index is 12.0. The van der Waals surface area contributed by atoms with Gasteiger partial charge in [0.15, 0.2) is 5.69 Å². The van der Waals surface area contributed by atoms with Crippen molar-refractivity contribution in [3.05, 3.63) is 24.0 Å². The molecule has 0 aromatic carbocycles. The van der Waals surface area contributed by atoms with Crippen molar-refractivity contribution in [2.75, 3.05) is 13.1 Å². The molecule has 0 unspecified atom stereocenters. The molecular weight excluding hydrogens is 218 g/mol. The molecule has 1 aliphatic rings. The number of aromatic nitrogens is 1.